The summed E-state index contributed by atoms with van der Waals surface area (Å²) in [6, 6.07) is 4.75. The molecule has 0 spiro atoms. The van der Waals surface area contributed by atoms with Crippen molar-refractivity contribution in [1.29, 1.82) is 0 Å². The molecule has 0 aromatic carbocycles. The lowest BCUT2D eigenvalue weighted by Crippen LogP contribution is -2.42. The number of nitrogens with zero attached hydrogens (tertiary/aromatic N) is 1. The van der Waals surface area contributed by atoms with Gasteiger partial charge in [0.2, 0.25) is 0 Å². The van der Waals surface area contributed by atoms with Crippen LogP contribution in [-0.4, -0.2) is 24.0 Å². The summed E-state index contributed by atoms with van der Waals surface area (Å²) in [7, 11) is 0. The standard InChI is InChI=1S/C17H28N2OS/c1-13(2)10-11-18-17(20)19-12-6-4-5-7-15(19)16-9-8-14(3)21-16/h8-9,13,15H,4-7,10-12H2,1-3H3,(H,18,20)/t15-/m1/s1. The summed E-state index contributed by atoms with van der Waals surface area (Å²) in [5.74, 6) is 0.630. The fourth-order valence-electron chi connectivity index (χ4n) is 2.85. The lowest BCUT2D eigenvalue weighted by Gasteiger charge is -2.29. The molecule has 0 unspecified atom stereocenters. The number of carbonyl (C=O) groups is 1. The maximum Gasteiger partial charge on any atom is 0.317 e. The van der Waals surface area contributed by atoms with Crippen molar-refractivity contribution in [3.8, 4) is 0 Å². The van der Waals surface area contributed by atoms with Crippen LogP contribution in [0.25, 0.3) is 0 Å². The molecule has 2 heterocycles. The molecular weight excluding hydrogens is 280 g/mol. The van der Waals surface area contributed by atoms with Crippen LogP contribution in [0.3, 0.4) is 0 Å². The van der Waals surface area contributed by atoms with Gasteiger partial charge >= 0.3 is 6.03 Å². The lowest BCUT2D eigenvalue weighted by molar-refractivity contribution is 0.176. The van der Waals surface area contributed by atoms with Gasteiger partial charge < -0.3 is 10.2 Å². The van der Waals surface area contributed by atoms with Gasteiger partial charge in [-0.1, -0.05) is 26.7 Å². The molecule has 0 bridgehead atoms. The Bertz CT molecular complexity index is 455. The maximum absolute atomic E-state index is 12.5. The minimum Gasteiger partial charge on any atom is -0.338 e. The Kier molecular flexibility index (Phi) is 6.09. The maximum atomic E-state index is 12.5. The zero-order valence-corrected chi connectivity index (χ0v) is 14.3. The van der Waals surface area contributed by atoms with Crippen molar-refractivity contribution in [2.24, 2.45) is 5.92 Å². The molecule has 0 radical (unpaired) electrons. The average molecular weight is 308 g/mol. The van der Waals surface area contributed by atoms with E-state index in [1.54, 1.807) is 0 Å². The number of hydrogen-bond acceptors (Lipinski definition) is 2. The Balaban J connectivity index is 2.03. The summed E-state index contributed by atoms with van der Waals surface area (Å²) in [5.41, 5.74) is 0. The van der Waals surface area contributed by atoms with E-state index >= 15 is 0 Å². The molecule has 118 valence electrons. The van der Waals surface area contributed by atoms with Gasteiger partial charge in [-0.25, -0.2) is 4.79 Å². The summed E-state index contributed by atoms with van der Waals surface area (Å²) in [6.45, 7) is 8.18. The number of rotatable bonds is 4. The van der Waals surface area contributed by atoms with Gasteiger partial charge in [0.25, 0.3) is 0 Å². The van der Waals surface area contributed by atoms with Crippen molar-refractivity contribution in [2.45, 2.75) is 58.9 Å². The van der Waals surface area contributed by atoms with Crippen molar-refractivity contribution >= 4 is 17.4 Å². The lowest BCUT2D eigenvalue weighted by atomic mass is 10.1. The topological polar surface area (TPSA) is 32.3 Å². The van der Waals surface area contributed by atoms with Crippen LogP contribution < -0.4 is 5.32 Å². The molecule has 1 aromatic heterocycles. The van der Waals surface area contributed by atoms with E-state index in [1.165, 1.54) is 22.6 Å². The third-order valence-corrected chi connectivity index (χ3v) is 5.20. The fraction of sp³-hybridized carbons (Fsp3) is 0.706. The van der Waals surface area contributed by atoms with Crippen LogP contribution >= 0.6 is 11.3 Å². The normalized spacial score (nSPS) is 19.6. The molecule has 1 aromatic rings. The Morgan fingerprint density at radius 3 is 2.86 bits per heavy atom. The minimum absolute atomic E-state index is 0.119. The molecule has 2 amide bonds. The summed E-state index contributed by atoms with van der Waals surface area (Å²) >= 11 is 1.83. The number of hydrogen-bond donors (Lipinski definition) is 1. The van der Waals surface area contributed by atoms with Crippen LogP contribution in [-0.2, 0) is 0 Å². The van der Waals surface area contributed by atoms with Crippen LogP contribution in [0.5, 0.6) is 0 Å². The molecule has 1 aliphatic rings. The van der Waals surface area contributed by atoms with Gasteiger partial charge in [-0.2, -0.15) is 0 Å². The second-order valence-electron chi connectivity index (χ2n) is 6.42. The molecule has 1 aliphatic heterocycles. The number of amides is 2. The number of aryl methyl sites for hydroxylation is 1. The summed E-state index contributed by atoms with van der Waals surface area (Å²) < 4.78 is 0. The Morgan fingerprint density at radius 2 is 2.19 bits per heavy atom. The molecule has 1 saturated heterocycles. The first-order chi connectivity index (χ1) is 10.1. The van der Waals surface area contributed by atoms with Gasteiger partial charge in [-0.15, -0.1) is 11.3 Å². The first kappa shape index (κ1) is 16.3. The zero-order chi connectivity index (χ0) is 15.2. The van der Waals surface area contributed by atoms with Crippen LogP contribution in [0.2, 0.25) is 0 Å². The number of carbonyl (C=O) groups excluding carboxylic acids is 1. The van der Waals surface area contributed by atoms with Crippen LogP contribution in [0, 0.1) is 12.8 Å². The highest BCUT2D eigenvalue weighted by atomic mass is 32.1. The van der Waals surface area contributed by atoms with Gasteiger partial charge in [0.1, 0.15) is 0 Å². The van der Waals surface area contributed by atoms with E-state index in [-0.39, 0.29) is 12.1 Å². The van der Waals surface area contributed by atoms with Gasteiger partial charge in [-0.3, -0.25) is 0 Å². The van der Waals surface area contributed by atoms with Gasteiger partial charge in [0.15, 0.2) is 0 Å². The number of nitrogens with one attached hydrogen (secondary N) is 1. The molecule has 3 nitrogen and oxygen atoms in total. The summed E-state index contributed by atoms with van der Waals surface area (Å²) in [6.07, 6.45) is 5.71. The molecule has 4 heteroatoms. The second kappa shape index (κ2) is 7.83. The molecule has 0 saturated carbocycles. The Labute approximate surface area is 132 Å². The van der Waals surface area contributed by atoms with Crippen molar-refractivity contribution in [3.05, 3.63) is 21.9 Å². The van der Waals surface area contributed by atoms with E-state index in [9.17, 15) is 4.79 Å². The minimum atomic E-state index is 0.119. The van der Waals surface area contributed by atoms with Crippen molar-refractivity contribution in [1.82, 2.24) is 10.2 Å². The summed E-state index contributed by atoms with van der Waals surface area (Å²) in [4.78, 5) is 17.3. The van der Waals surface area contributed by atoms with Crippen LogP contribution in [0.1, 0.15) is 61.7 Å². The highest BCUT2D eigenvalue weighted by Gasteiger charge is 2.27. The highest BCUT2D eigenvalue weighted by molar-refractivity contribution is 7.12. The van der Waals surface area contributed by atoms with Crippen molar-refractivity contribution in [2.75, 3.05) is 13.1 Å². The smallest absolute Gasteiger partial charge is 0.317 e. The van der Waals surface area contributed by atoms with E-state index in [0.29, 0.717) is 5.92 Å². The number of thiophene rings is 1. The molecule has 1 fully saturated rings. The van der Waals surface area contributed by atoms with Crippen LogP contribution in [0.15, 0.2) is 12.1 Å². The fourth-order valence-corrected chi connectivity index (χ4v) is 3.87. The molecule has 1 N–H and O–H groups in total. The second-order valence-corrected chi connectivity index (χ2v) is 7.74. The third-order valence-electron chi connectivity index (χ3n) is 4.10. The Morgan fingerprint density at radius 1 is 1.38 bits per heavy atom. The molecule has 1 atom stereocenters. The highest BCUT2D eigenvalue weighted by Crippen LogP contribution is 2.34. The van der Waals surface area contributed by atoms with E-state index in [1.807, 2.05) is 11.3 Å². The monoisotopic (exact) mass is 308 g/mol. The molecular formula is C17H28N2OS. The van der Waals surface area contributed by atoms with Crippen molar-refractivity contribution in [3.63, 3.8) is 0 Å². The van der Waals surface area contributed by atoms with E-state index in [4.69, 9.17) is 0 Å². The van der Waals surface area contributed by atoms with E-state index < -0.39 is 0 Å². The van der Waals surface area contributed by atoms with Gasteiger partial charge in [-0.05, 0) is 44.2 Å². The van der Waals surface area contributed by atoms with Gasteiger partial charge in [0, 0.05) is 22.8 Å². The Hall–Kier alpha value is -1.03. The van der Waals surface area contributed by atoms with E-state index in [0.717, 1.165) is 32.4 Å². The summed E-state index contributed by atoms with van der Waals surface area (Å²) in [5, 5.41) is 3.11. The zero-order valence-electron chi connectivity index (χ0n) is 13.5. The first-order valence-electron chi connectivity index (χ1n) is 8.18. The third kappa shape index (κ3) is 4.73. The number of urea groups is 1. The largest absolute Gasteiger partial charge is 0.338 e. The molecule has 0 aliphatic carbocycles. The quantitative estimate of drug-likeness (QED) is 0.857. The average Bonchev–Trinajstić information content (AvgIpc) is 2.72. The SMILES string of the molecule is Cc1ccc([C@H]2CCCCCN2C(=O)NCCC(C)C)s1. The van der Waals surface area contributed by atoms with Crippen LogP contribution in [0.4, 0.5) is 4.79 Å². The predicted molar refractivity (Wildman–Crippen MR) is 89.8 cm³/mol. The number of likely N-dealkylation sites (tertiary alicyclic amines) is 1. The van der Waals surface area contributed by atoms with E-state index in [2.05, 4.69) is 43.1 Å². The predicted octanol–water partition coefficient (Wildman–Crippen LogP) is 4.73. The molecule has 2 rings (SSSR count). The first-order valence-corrected chi connectivity index (χ1v) is 9.00. The van der Waals surface area contributed by atoms with Crippen molar-refractivity contribution < 1.29 is 4.79 Å². The van der Waals surface area contributed by atoms with Gasteiger partial charge in [0.05, 0.1) is 6.04 Å². The molecule has 21 heavy (non-hydrogen) atoms.